The summed E-state index contributed by atoms with van der Waals surface area (Å²) in [4.78, 5) is 26.1. The van der Waals surface area contributed by atoms with Crippen molar-refractivity contribution >= 4 is 23.4 Å². The van der Waals surface area contributed by atoms with Crippen LogP contribution >= 0.6 is 11.6 Å². The maximum atomic E-state index is 12.2. The number of carbonyl (C=O) groups excluding carboxylic acids is 2. The van der Waals surface area contributed by atoms with Crippen molar-refractivity contribution in [2.45, 2.75) is 38.7 Å². The molecule has 132 valence electrons. The molecule has 5 nitrogen and oxygen atoms in total. The zero-order chi connectivity index (χ0) is 17.4. The van der Waals surface area contributed by atoms with E-state index in [0.717, 1.165) is 19.4 Å². The van der Waals surface area contributed by atoms with E-state index in [2.05, 4.69) is 5.32 Å². The number of hydrogen-bond donors (Lipinski definition) is 1. The van der Waals surface area contributed by atoms with Gasteiger partial charge in [-0.2, -0.15) is 0 Å². The molecule has 1 aliphatic rings. The molecule has 1 fully saturated rings. The highest BCUT2D eigenvalue weighted by Crippen LogP contribution is 2.14. The third-order valence-electron chi connectivity index (χ3n) is 4.09. The first-order valence-corrected chi connectivity index (χ1v) is 8.91. The second-order valence-corrected chi connectivity index (χ2v) is 6.36. The first-order valence-electron chi connectivity index (χ1n) is 8.53. The largest absolute Gasteiger partial charge is 0.377 e. The van der Waals surface area contributed by atoms with E-state index in [1.54, 1.807) is 24.3 Å². The second-order valence-electron chi connectivity index (χ2n) is 5.93. The average Bonchev–Trinajstić information content (AvgIpc) is 2.59. The molecule has 1 aliphatic heterocycles. The van der Waals surface area contributed by atoms with E-state index in [1.165, 1.54) is 0 Å². The maximum Gasteiger partial charge on any atom is 0.251 e. The van der Waals surface area contributed by atoms with Crippen molar-refractivity contribution < 1.29 is 14.3 Å². The van der Waals surface area contributed by atoms with E-state index >= 15 is 0 Å². The highest BCUT2D eigenvalue weighted by atomic mass is 35.5. The molecule has 0 spiro atoms. The van der Waals surface area contributed by atoms with Crippen LogP contribution in [-0.4, -0.2) is 49.1 Å². The summed E-state index contributed by atoms with van der Waals surface area (Å²) in [6, 6.07) is 6.74. The number of nitrogens with zero attached hydrogens (tertiary/aromatic N) is 1. The van der Waals surface area contributed by atoms with Gasteiger partial charge in [-0.3, -0.25) is 9.59 Å². The molecule has 6 heteroatoms. The number of amides is 2. The van der Waals surface area contributed by atoms with E-state index < -0.39 is 0 Å². The first kappa shape index (κ1) is 18.7. The van der Waals surface area contributed by atoms with Gasteiger partial charge in [0, 0.05) is 43.2 Å². The zero-order valence-electron chi connectivity index (χ0n) is 14.1. The Balaban J connectivity index is 1.67. The SMILES string of the molecule is CCO[C@H]1CCCN(C(=O)CCCNC(=O)c2ccc(Cl)cc2)C1. The predicted molar refractivity (Wildman–Crippen MR) is 94.2 cm³/mol. The van der Waals surface area contributed by atoms with E-state index in [9.17, 15) is 9.59 Å². The zero-order valence-corrected chi connectivity index (χ0v) is 14.8. The summed E-state index contributed by atoms with van der Waals surface area (Å²) in [7, 11) is 0. The Morgan fingerprint density at radius 3 is 2.79 bits per heavy atom. The third kappa shape index (κ3) is 5.80. The van der Waals surface area contributed by atoms with Crippen molar-refractivity contribution in [2.75, 3.05) is 26.2 Å². The summed E-state index contributed by atoms with van der Waals surface area (Å²) in [5, 5.41) is 3.43. The fourth-order valence-electron chi connectivity index (χ4n) is 2.84. The van der Waals surface area contributed by atoms with Crippen molar-refractivity contribution in [1.29, 1.82) is 0 Å². The topological polar surface area (TPSA) is 58.6 Å². The van der Waals surface area contributed by atoms with Gasteiger partial charge in [0.25, 0.3) is 5.91 Å². The van der Waals surface area contributed by atoms with Gasteiger partial charge < -0.3 is 15.0 Å². The summed E-state index contributed by atoms with van der Waals surface area (Å²) in [6.45, 7) is 4.63. The molecule has 0 saturated carbocycles. The van der Waals surface area contributed by atoms with Crippen LogP contribution in [0.4, 0.5) is 0 Å². The lowest BCUT2D eigenvalue weighted by atomic mass is 10.1. The number of nitrogens with one attached hydrogen (secondary N) is 1. The molecule has 1 aromatic carbocycles. The minimum Gasteiger partial charge on any atom is -0.377 e. The van der Waals surface area contributed by atoms with Crippen LogP contribution in [0, 0.1) is 0 Å². The lowest BCUT2D eigenvalue weighted by Gasteiger charge is -2.32. The van der Waals surface area contributed by atoms with E-state index in [4.69, 9.17) is 16.3 Å². The van der Waals surface area contributed by atoms with Crippen molar-refractivity contribution in [3.05, 3.63) is 34.9 Å². The predicted octanol–water partition coefficient (Wildman–Crippen LogP) is 2.88. The van der Waals surface area contributed by atoms with Gasteiger partial charge in [0.1, 0.15) is 0 Å². The van der Waals surface area contributed by atoms with E-state index in [-0.39, 0.29) is 17.9 Å². The summed E-state index contributed by atoms with van der Waals surface area (Å²) < 4.78 is 5.62. The molecule has 2 rings (SSSR count). The molecule has 1 heterocycles. The Morgan fingerprint density at radius 1 is 1.33 bits per heavy atom. The molecule has 24 heavy (non-hydrogen) atoms. The van der Waals surface area contributed by atoms with Crippen LogP contribution in [0.1, 0.15) is 43.0 Å². The number of hydrogen-bond acceptors (Lipinski definition) is 3. The quantitative estimate of drug-likeness (QED) is 0.768. The molecule has 0 unspecified atom stereocenters. The Bertz CT molecular complexity index is 546. The Kier molecular flexibility index (Phi) is 7.53. The lowest BCUT2D eigenvalue weighted by molar-refractivity contribution is -0.135. The van der Waals surface area contributed by atoms with Gasteiger partial charge in [-0.1, -0.05) is 11.6 Å². The minimum absolute atomic E-state index is 0.139. The van der Waals surface area contributed by atoms with Gasteiger partial charge in [0.15, 0.2) is 0 Å². The number of likely N-dealkylation sites (tertiary alicyclic amines) is 1. The molecular formula is C18H25ClN2O3. The summed E-state index contributed by atoms with van der Waals surface area (Å²) in [5.74, 6) is -0.00589. The number of piperidine rings is 1. The highest BCUT2D eigenvalue weighted by molar-refractivity contribution is 6.30. The molecule has 0 aliphatic carbocycles. The maximum absolute atomic E-state index is 12.2. The Hall–Kier alpha value is -1.59. The summed E-state index contributed by atoms with van der Waals surface area (Å²) >= 11 is 5.80. The highest BCUT2D eigenvalue weighted by Gasteiger charge is 2.23. The van der Waals surface area contributed by atoms with Crippen molar-refractivity contribution in [1.82, 2.24) is 10.2 Å². The average molecular weight is 353 g/mol. The molecule has 2 amide bonds. The first-order chi connectivity index (χ1) is 11.6. The molecule has 0 aromatic heterocycles. The second kappa shape index (κ2) is 9.64. The van der Waals surface area contributed by atoms with Crippen LogP contribution in [0.15, 0.2) is 24.3 Å². The van der Waals surface area contributed by atoms with Crippen molar-refractivity contribution in [2.24, 2.45) is 0 Å². The molecule has 1 N–H and O–H groups in total. The Labute approximate surface area is 148 Å². The van der Waals surface area contributed by atoms with Crippen molar-refractivity contribution in [3.8, 4) is 0 Å². The van der Waals surface area contributed by atoms with Gasteiger partial charge in [-0.15, -0.1) is 0 Å². The monoisotopic (exact) mass is 352 g/mol. The lowest BCUT2D eigenvalue weighted by Crippen LogP contribution is -2.43. The van der Waals surface area contributed by atoms with Gasteiger partial charge in [-0.05, 0) is 50.5 Å². The standard InChI is InChI=1S/C18H25ClN2O3/c1-2-24-16-5-4-12-21(13-16)17(22)6-3-11-20-18(23)14-7-9-15(19)10-8-14/h7-10,16H,2-6,11-13H2,1H3,(H,20,23)/t16-/m0/s1. The van der Waals surface area contributed by atoms with Crippen LogP contribution in [0.5, 0.6) is 0 Å². The van der Waals surface area contributed by atoms with Crippen LogP contribution in [0.2, 0.25) is 5.02 Å². The summed E-state index contributed by atoms with van der Waals surface area (Å²) in [5.41, 5.74) is 0.571. The minimum atomic E-state index is -0.145. The van der Waals surface area contributed by atoms with Crippen LogP contribution in [-0.2, 0) is 9.53 Å². The van der Waals surface area contributed by atoms with E-state index in [1.807, 2.05) is 11.8 Å². The van der Waals surface area contributed by atoms with Gasteiger partial charge in [-0.25, -0.2) is 0 Å². The van der Waals surface area contributed by atoms with Crippen LogP contribution < -0.4 is 5.32 Å². The number of benzene rings is 1. The molecule has 1 aromatic rings. The fraction of sp³-hybridized carbons (Fsp3) is 0.556. The summed E-state index contributed by atoms with van der Waals surface area (Å²) in [6.07, 6.45) is 3.25. The Morgan fingerprint density at radius 2 is 2.08 bits per heavy atom. The van der Waals surface area contributed by atoms with Crippen molar-refractivity contribution in [3.63, 3.8) is 0 Å². The number of rotatable bonds is 7. The normalized spacial score (nSPS) is 17.6. The number of carbonyl (C=O) groups is 2. The van der Waals surface area contributed by atoms with Gasteiger partial charge in [0.2, 0.25) is 5.91 Å². The van der Waals surface area contributed by atoms with Gasteiger partial charge >= 0.3 is 0 Å². The van der Waals surface area contributed by atoms with Gasteiger partial charge in [0.05, 0.1) is 6.10 Å². The molecular weight excluding hydrogens is 328 g/mol. The molecule has 1 saturated heterocycles. The molecule has 1 atom stereocenters. The van der Waals surface area contributed by atoms with Crippen LogP contribution in [0.3, 0.4) is 0 Å². The van der Waals surface area contributed by atoms with Crippen LogP contribution in [0.25, 0.3) is 0 Å². The molecule has 0 radical (unpaired) electrons. The molecule has 0 bridgehead atoms. The number of ether oxygens (including phenoxy) is 1. The smallest absolute Gasteiger partial charge is 0.251 e. The number of halogens is 1. The van der Waals surface area contributed by atoms with E-state index in [0.29, 0.717) is 43.1 Å². The third-order valence-corrected chi connectivity index (χ3v) is 4.34. The fourth-order valence-corrected chi connectivity index (χ4v) is 2.97.